The monoisotopic (exact) mass is 293 g/mol. The molecule has 2 nitrogen and oxygen atoms in total. The molecule has 0 aliphatic heterocycles. The van der Waals surface area contributed by atoms with E-state index in [2.05, 4.69) is 0 Å². The van der Waals surface area contributed by atoms with Crippen molar-refractivity contribution in [2.75, 3.05) is 19.0 Å². The minimum absolute atomic E-state index is 0.0475. The molecule has 0 fully saturated rings. The van der Waals surface area contributed by atoms with Gasteiger partial charge in [-0.3, -0.25) is 4.79 Å². The van der Waals surface area contributed by atoms with Crippen LogP contribution >= 0.6 is 11.6 Å². The standard InChI is InChI=1S/C13H15ClF3NO/c1-2-18(8-4-7-14)12(19)10-5-3-6-11(9-10)13(15,16)17/h3,5-6,9H,2,4,7-8H2,1H3. The number of hydrogen-bond donors (Lipinski definition) is 0. The van der Waals surface area contributed by atoms with Crippen LogP contribution in [0.3, 0.4) is 0 Å². The van der Waals surface area contributed by atoms with E-state index in [1.165, 1.54) is 17.0 Å². The van der Waals surface area contributed by atoms with Gasteiger partial charge in [-0.1, -0.05) is 6.07 Å². The van der Waals surface area contributed by atoms with Crippen LogP contribution in [0.1, 0.15) is 29.3 Å². The van der Waals surface area contributed by atoms with E-state index in [-0.39, 0.29) is 5.56 Å². The van der Waals surface area contributed by atoms with Crippen molar-refractivity contribution < 1.29 is 18.0 Å². The normalized spacial score (nSPS) is 11.4. The Morgan fingerprint density at radius 1 is 1.37 bits per heavy atom. The molecule has 0 heterocycles. The first kappa shape index (κ1) is 15.8. The highest BCUT2D eigenvalue weighted by Gasteiger charge is 2.31. The summed E-state index contributed by atoms with van der Waals surface area (Å²) in [7, 11) is 0. The number of hydrogen-bond acceptors (Lipinski definition) is 1. The molecule has 0 radical (unpaired) electrons. The van der Waals surface area contributed by atoms with E-state index in [0.29, 0.717) is 25.4 Å². The summed E-state index contributed by atoms with van der Waals surface area (Å²) in [6.07, 6.45) is -3.83. The van der Waals surface area contributed by atoms with Gasteiger partial charge in [0.15, 0.2) is 0 Å². The fourth-order valence-corrected chi connectivity index (χ4v) is 1.78. The van der Waals surface area contributed by atoms with Gasteiger partial charge in [0.25, 0.3) is 5.91 Å². The van der Waals surface area contributed by atoms with Crippen molar-refractivity contribution in [1.29, 1.82) is 0 Å². The van der Waals surface area contributed by atoms with Gasteiger partial charge in [0.05, 0.1) is 5.56 Å². The van der Waals surface area contributed by atoms with E-state index in [0.717, 1.165) is 12.1 Å². The summed E-state index contributed by atoms with van der Waals surface area (Å²) < 4.78 is 37.7. The molecule has 106 valence electrons. The number of alkyl halides is 4. The molecule has 1 aromatic rings. The highest BCUT2D eigenvalue weighted by Crippen LogP contribution is 2.29. The molecule has 1 aromatic carbocycles. The van der Waals surface area contributed by atoms with Crippen molar-refractivity contribution in [1.82, 2.24) is 4.90 Å². The SMILES string of the molecule is CCN(CCCCl)C(=O)c1cccc(C(F)(F)F)c1. The molecule has 1 rings (SSSR count). The highest BCUT2D eigenvalue weighted by atomic mass is 35.5. The van der Waals surface area contributed by atoms with Crippen LogP contribution < -0.4 is 0 Å². The number of halogens is 4. The molecule has 0 saturated heterocycles. The molecule has 0 aliphatic carbocycles. The van der Waals surface area contributed by atoms with E-state index in [1.807, 2.05) is 0 Å². The third-order valence-corrected chi connectivity index (χ3v) is 2.93. The summed E-state index contributed by atoms with van der Waals surface area (Å²) >= 11 is 5.55. The fraction of sp³-hybridized carbons (Fsp3) is 0.462. The van der Waals surface area contributed by atoms with Crippen LogP contribution in [-0.2, 0) is 6.18 Å². The zero-order valence-electron chi connectivity index (χ0n) is 10.5. The maximum Gasteiger partial charge on any atom is 0.416 e. The molecule has 0 spiro atoms. The second-order valence-corrected chi connectivity index (χ2v) is 4.38. The molecular formula is C13H15ClF3NO. The molecule has 0 aromatic heterocycles. The molecule has 19 heavy (non-hydrogen) atoms. The molecular weight excluding hydrogens is 279 g/mol. The first-order chi connectivity index (χ1) is 8.90. The molecule has 0 bridgehead atoms. The van der Waals surface area contributed by atoms with Crippen LogP contribution in [0.15, 0.2) is 24.3 Å². The van der Waals surface area contributed by atoms with Gasteiger partial charge in [-0.15, -0.1) is 11.6 Å². The molecule has 1 amide bonds. The van der Waals surface area contributed by atoms with Crippen LogP contribution in [0, 0.1) is 0 Å². The maximum atomic E-state index is 12.6. The van der Waals surface area contributed by atoms with E-state index in [9.17, 15) is 18.0 Å². The number of nitrogens with zero attached hydrogens (tertiary/aromatic N) is 1. The van der Waals surface area contributed by atoms with Gasteiger partial charge in [0.1, 0.15) is 0 Å². The van der Waals surface area contributed by atoms with Crippen molar-refractivity contribution in [3.63, 3.8) is 0 Å². The third kappa shape index (κ3) is 4.42. The molecule has 0 N–H and O–H groups in total. The van der Waals surface area contributed by atoms with Gasteiger partial charge in [0, 0.05) is 24.5 Å². The Bertz CT molecular complexity index is 434. The van der Waals surface area contributed by atoms with Gasteiger partial charge in [-0.2, -0.15) is 13.2 Å². The summed E-state index contributed by atoms with van der Waals surface area (Å²) in [5.74, 6) is 0.00513. The molecule has 0 unspecified atom stereocenters. The maximum absolute atomic E-state index is 12.6. The molecule has 6 heteroatoms. The Morgan fingerprint density at radius 2 is 2.05 bits per heavy atom. The first-order valence-corrected chi connectivity index (χ1v) is 6.46. The number of amides is 1. The zero-order valence-corrected chi connectivity index (χ0v) is 11.3. The lowest BCUT2D eigenvalue weighted by atomic mass is 10.1. The van der Waals surface area contributed by atoms with Crippen molar-refractivity contribution in [2.24, 2.45) is 0 Å². The Labute approximate surface area is 115 Å². The van der Waals surface area contributed by atoms with Crippen molar-refractivity contribution in [2.45, 2.75) is 19.5 Å². The summed E-state index contributed by atoms with van der Waals surface area (Å²) in [5.41, 5.74) is -0.766. The van der Waals surface area contributed by atoms with Crippen LogP contribution in [0.25, 0.3) is 0 Å². The minimum atomic E-state index is -4.44. The number of carbonyl (C=O) groups is 1. The van der Waals surface area contributed by atoms with Crippen molar-refractivity contribution in [3.05, 3.63) is 35.4 Å². The Morgan fingerprint density at radius 3 is 2.58 bits per heavy atom. The average molecular weight is 294 g/mol. The fourth-order valence-electron chi connectivity index (χ4n) is 1.67. The van der Waals surface area contributed by atoms with Crippen LogP contribution in [-0.4, -0.2) is 29.8 Å². The molecule has 0 saturated carbocycles. The smallest absolute Gasteiger partial charge is 0.339 e. The van der Waals surface area contributed by atoms with E-state index >= 15 is 0 Å². The Balaban J connectivity index is 2.92. The van der Waals surface area contributed by atoms with Gasteiger partial charge >= 0.3 is 6.18 Å². The quantitative estimate of drug-likeness (QED) is 0.756. The number of benzene rings is 1. The number of carbonyl (C=O) groups excluding carboxylic acids is 1. The van der Waals surface area contributed by atoms with Gasteiger partial charge in [0.2, 0.25) is 0 Å². The van der Waals surface area contributed by atoms with E-state index in [1.54, 1.807) is 6.92 Å². The predicted octanol–water partition coefficient (Wildman–Crippen LogP) is 3.80. The Kier molecular flexibility index (Phi) is 5.66. The van der Waals surface area contributed by atoms with E-state index in [4.69, 9.17) is 11.6 Å². The zero-order chi connectivity index (χ0) is 14.5. The number of rotatable bonds is 5. The summed E-state index contributed by atoms with van der Waals surface area (Å²) in [6, 6.07) is 4.46. The Hall–Kier alpha value is -1.23. The van der Waals surface area contributed by atoms with Crippen LogP contribution in [0.5, 0.6) is 0 Å². The van der Waals surface area contributed by atoms with Crippen LogP contribution in [0.4, 0.5) is 13.2 Å². The predicted molar refractivity (Wildman–Crippen MR) is 68.4 cm³/mol. The lowest BCUT2D eigenvalue weighted by Gasteiger charge is -2.21. The van der Waals surface area contributed by atoms with Gasteiger partial charge in [-0.25, -0.2) is 0 Å². The summed E-state index contributed by atoms with van der Waals surface area (Å²) in [6.45, 7) is 2.65. The molecule has 0 atom stereocenters. The lowest BCUT2D eigenvalue weighted by Crippen LogP contribution is -2.32. The highest BCUT2D eigenvalue weighted by molar-refractivity contribution is 6.17. The van der Waals surface area contributed by atoms with Gasteiger partial charge in [-0.05, 0) is 31.5 Å². The summed E-state index contributed by atoms with van der Waals surface area (Å²) in [4.78, 5) is 13.6. The topological polar surface area (TPSA) is 20.3 Å². The average Bonchev–Trinajstić information content (AvgIpc) is 2.38. The second kappa shape index (κ2) is 6.80. The minimum Gasteiger partial charge on any atom is -0.339 e. The first-order valence-electron chi connectivity index (χ1n) is 5.92. The van der Waals surface area contributed by atoms with E-state index < -0.39 is 17.6 Å². The summed E-state index contributed by atoms with van der Waals surface area (Å²) in [5, 5.41) is 0. The van der Waals surface area contributed by atoms with Gasteiger partial charge < -0.3 is 4.90 Å². The lowest BCUT2D eigenvalue weighted by molar-refractivity contribution is -0.137. The van der Waals surface area contributed by atoms with Crippen molar-refractivity contribution in [3.8, 4) is 0 Å². The third-order valence-electron chi connectivity index (χ3n) is 2.67. The van der Waals surface area contributed by atoms with Crippen LogP contribution in [0.2, 0.25) is 0 Å². The molecule has 0 aliphatic rings. The largest absolute Gasteiger partial charge is 0.416 e. The second-order valence-electron chi connectivity index (χ2n) is 4.01. The van der Waals surface area contributed by atoms with Crippen molar-refractivity contribution >= 4 is 17.5 Å².